The van der Waals surface area contributed by atoms with Crippen molar-refractivity contribution >= 4 is 45.3 Å². The van der Waals surface area contributed by atoms with Gasteiger partial charge in [0, 0.05) is 23.6 Å². The summed E-state index contributed by atoms with van der Waals surface area (Å²) in [6.45, 7) is 0. The van der Waals surface area contributed by atoms with Crippen molar-refractivity contribution in [2.75, 3.05) is 14.2 Å². The topological polar surface area (TPSA) is 129 Å². The predicted octanol–water partition coefficient (Wildman–Crippen LogP) is 4.78. The third-order valence-corrected chi connectivity index (χ3v) is 6.90. The van der Waals surface area contributed by atoms with Crippen molar-refractivity contribution in [3.63, 3.8) is 0 Å². The number of amides is 2. The van der Waals surface area contributed by atoms with Gasteiger partial charge in [-0.25, -0.2) is 18.4 Å². The number of hydroxylamine groups is 2. The highest BCUT2D eigenvalue weighted by molar-refractivity contribution is 6.29. The van der Waals surface area contributed by atoms with Crippen LogP contribution in [-0.2, 0) is 41.7 Å². The van der Waals surface area contributed by atoms with Crippen LogP contribution in [0, 0.1) is 11.6 Å². The van der Waals surface area contributed by atoms with E-state index in [-0.39, 0.29) is 24.5 Å². The zero-order valence-corrected chi connectivity index (χ0v) is 24.0. The molecule has 4 aromatic rings. The summed E-state index contributed by atoms with van der Waals surface area (Å²) < 4.78 is 38.7. The highest BCUT2D eigenvalue weighted by atomic mass is 19.1. The van der Waals surface area contributed by atoms with E-state index in [0.717, 1.165) is 11.1 Å². The summed E-state index contributed by atoms with van der Waals surface area (Å²) in [4.78, 5) is 56.8. The molecule has 0 fully saturated rings. The molecule has 0 aliphatic rings. The number of aryl methyl sites for hydroxylation is 2. The molecule has 4 rings (SSSR count). The van der Waals surface area contributed by atoms with Gasteiger partial charge in [-0.3, -0.25) is 9.59 Å². The van der Waals surface area contributed by atoms with Crippen molar-refractivity contribution in [2.45, 2.75) is 38.5 Å². The van der Waals surface area contributed by atoms with Crippen LogP contribution in [0.3, 0.4) is 0 Å². The Morgan fingerprint density at radius 1 is 0.591 bits per heavy atom. The number of carbonyl (C=O) groups is 4. The summed E-state index contributed by atoms with van der Waals surface area (Å²) in [5.41, 5.74) is 5.33. The van der Waals surface area contributed by atoms with Crippen molar-refractivity contribution in [2.24, 2.45) is 0 Å². The second-order valence-corrected chi connectivity index (χ2v) is 9.77. The van der Waals surface area contributed by atoms with Gasteiger partial charge < -0.3 is 19.1 Å². The van der Waals surface area contributed by atoms with Gasteiger partial charge in [0.25, 0.3) is 11.8 Å². The first kappa shape index (κ1) is 31.7. The molecule has 0 aromatic heterocycles. The van der Waals surface area contributed by atoms with Crippen LogP contribution >= 0.6 is 0 Å². The van der Waals surface area contributed by atoms with Crippen LogP contribution in [-0.4, -0.2) is 38.0 Å². The van der Waals surface area contributed by atoms with Gasteiger partial charge in [0.05, 0.1) is 14.2 Å². The second-order valence-electron chi connectivity index (χ2n) is 9.77. The summed E-state index contributed by atoms with van der Waals surface area (Å²) in [6, 6.07) is 15.9. The van der Waals surface area contributed by atoms with Crippen molar-refractivity contribution in [3.8, 4) is 11.5 Å². The number of ether oxygens (including phenoxy) is 2. The fourth-order valence-corrected chi connectivity index (χ4v) is 4.66. The number of nitrogens with one attached hydrogen (secondary N) is 2. The summed E-state index contributed by atoms with van der Waals surface area (Å²) in [5, 5.41) is 2.17. The fourth-order valence-electron chi connectivity index (χ4n) is 4.66. The zero-order valence-electron chi connectivity index (χ0n) is 24.0. The lowest BCUT2D eigenvalue weighted by atomic mass is 9.99. The highest BCUT2D eigenvalue weighted by Gasteiger charge is 2.21. The quantitative estimate of drug-likeness (QED) is 0.194. The number of hydrogen-bond acceptors (Lipinski definition) is 8. The molecule has 0 aliphatic carbocycles. The molecular formula is C32H30F2N2O8. The molecular weight excluding hydrogens is 578 g/mol. The highest BCUT2D eigenvalue weighted by Crippen LogP contribution is 2.28. The van der Waals surface area contributed by atoms with Crippen LogP contribution < -0.4 is 20.4 Å². The molecule has 44 heavy (non-hydrogen) atoms. The third-order valence-electron chi connectivity index (χ3n) is 6.90. The SMILES string of the molecule is COc1ccc2c(F)ccc(CCCC(=O)NOC(=O)C(=O)ONC(=O)CCCc3ccc(F)c4ccc(OC)cc34)c2c1. The van der Waals surface area contributed by atoms with Crippen LogP contribution in [0.4, 0.5) is 8.78 Å². The van der Waals surface area contributed by atoms with Gasteiger partial charge in [-0.05, 0) is 96.1 Å². The molecule has 2 N–H and O–H groups in total. The second kappa shape index (κ2) is 14.8. The van der Waals surface area contributed by atoms with Crippen molar-refractivity contribution in [1.82, 2.24) is 11.0 Å². The van der Waals surface area contributed by atoms with E-state index in [4.69, 9.17) is 9.47 Å². The van der Waals surface area contributed by atoms with Crippen LogP contribution in [0.15, 0.2) is 60.7 Å². The summed E-state index contributed by atoms with van der Waals surface area (Å²) >= 11 is 0. The van der Waals surface area contributed by atoms with Crippen LogP contribution in [0.2, 0.25) is 0 Å². The predicted molar refractivity (Wildman–Crippen MR) is 155 cm³/mol. The Kier molecular flexibility index (Phi) is 10.6. The van der Waals surface area contributed by atoms with E-state index in [1.165, 1.54) is 26.4 Å². The average molecular weight is 609 g/mol. The molecule has 2 amide bonds. The van der Waals surface area contributed by atoms with Gasteiger partial charge in [-0.15, -0.1) is 0 Å². The minimum absolute atomic E-state index is 0.0575. The average Bonchev–Trinajstić information content (AvgIpc) is 3.04. The maximum atomic E-state index is 14.2. The summed E-state index contributed by atoms with van der Waals surface area (Å²) in [6.07, 6.45) is 1.40. The van der Waals surface area contributed by atoms with E-state index in [2.05, 4.69) is 9.68 Å². The zero-order chi connectivity index (χ0) is 31.6. The first-order chi connectivity index (χ1) is 21.2. The number of rotatable bonds is 10. The Balaban J connectivity index is 1.16. The molecule has 0 atom stereocenters. The van der Waals surface area contributed by atoms with Crippen molar-refractivity contribution in [3.05, 3.63) is 83.4 Å². The molecule has 10 nitrogen and oxygen atoms in total. The fraction of sp³-hybridized carbons (Fsp3) is 0.250. The molecule has 0 saturated heterocycles. The third kappa shape index (κ3) is 7.97. The molecule has 0 radical (unpaired) electrons. The first-order valence-electron chi connectivity index (χ1n) is 13.7. The number of halogens is 2. The Hall–Kier alpha value is -5.26. The largest absolute Gasteiger partial charge is 0.497 e. The lowest BCUT2D eigenvalue weighted by Gasteiger charge is -2.10. The molecule has 230 valence electrons. The number of carbonyl (C=O) groups excluding carboxylic acids is 4. The smallest absolute Gasteiger partial charge is 0.443 e. The van der Waals surface area contributed by atoms with Crippen LogP contribution in [0.25, 0.3) is 21.5 Å². The number of methoxy groups -OCH3 is 2. The number of fused-ring (bicyclic) bond motifs is 2. The van der Waals surface area contributed by atoms with Gasteiger partial charge in [0.15, 0.2) is 0 Å². The van der Waals surface area contributed by atoms with Gasteiger partial charge in [-0.2, -0.15) is 11.0 Å². The van der Waals surface area contributed by atoms with E-state index < -0.39 is 23.8 Å². The van der Waals surface area contributed by atoms with Crippen LogP contribution in [0.5, 0.6) is 11.5 Å². The summed E-state index contributed by atoms with van der Waals surface area (Å²) in [5.74, 6) is -4.05. The Morgan fingerprint density at radius 3 is 1.39 bits per heavy atom. The number of hydrogen-bond donors (Lipinski definition) is 2. The molecule has 0 heterocycles. The monoisotopic (exact) mass is 608 g/mol. The molecule has 0 saturated carbocycles. The van der Waals surface area contributed by atoms with Gasteiger partial charge in [0.1, 0.15) is 23.1 Å². The lowest BCUT2D eigenvalue weighted by Crippen LogP contribution is -2.35. The molecule has 0 aliphatic heterocycles. The van der Waals surface area contributed by atoms with Gasteiger partial charge in [0.2, 0.25) is 0 Å². The standard InChI is InChI=1S/C32H30F2N2O8/c1-41-21-11-13-23-25(17-21)19(9-15-27(23)33)5-3-7-29(37)35-43-31(39)32(40)44-36-30(38)8-4-6-20-10-16-28(34)24-14-12-22(42-2)18-26(20)24/h9-18H,3-8H2,1-2H3,(H,35,37)(H,36,38). The lowest BCUT2D eigenvalue weighted by molar-refractivity contribution is -0.179. The molecule has 12 heteroatoms. The van der Waals surface area contributed by atoms with E-state index in [0.29, 0.717) is 58.7 Å². The van der Waals surface area contributed by atoms with E-state index in [1.807, 2.05) is 11.0 Å². The van der Waals surface area contributed by atoms with Gasteiger partial charge >= 0.3 is 11.9 Å². The Labute approximate surface area is 251 Å². The number of benzene rings is 4. The van der Waals surface area contributed by atoms with Gasteiger partial charge in [-0.1, -0.05) is 12.1 Å². The van der Waals surface area contributed by atoms with E-state index in [1.54, 1.807) is 48.5 Å². The molecule has 4 aromatic carbocycles. The van der Waals surface area contributed by atoms with Crippen molar-refractivity contribution < 1.29 is 47.1 Å². The van der Waals surface area contributed by atoms with Crippen molar-refractivity contribution in [1.29, 1.82) is 0 Å². The first-order valence-corrected chi connectivity index (χ1v) is 13.7. The molecule has 0 unspecified atom stereocenters. The Bertz CT molecular complexity index is 1580. The molecule has 0 spiro atoms. The summed E-state index contributed by atoms with van der Waals surface area (Å²) in [7, 11) is 3.01. The minimum Gasteiger partial charge on any atom is -0.497 e. The normalized spacial score (nSPS) is 10.7. The maximum Gasteiger partial charge on any atom is 0.443 e. The molecule has 0 bridgehead atoms. The Morgan fingerprint density at radius 2 is 1.00 bits per heavy atom. The van der Waals surface area contributed by atoms with E-state index >= 15 is 0 Å². The minimum atomic E-state index is -1.54. The van der Waals surface area contributed by atoms with E-state index in [9.17, 15) is 28.0 Å². The van der Waals surface area contributed by atoms with Crippen LogP contribution in [0.1, 0.15) is 36.8 Å². The maximum absolute atomic E-state index is 14.2.